The first-order chi connectivity index (χ1) is 14.7. The fourth-order valence-electron chi connectivity index (χ4n) is 3.49. The number of nitro benzene ring substituents is 1. The van der Waals surface area contributed by atoms with Crippen LogP contribution < -0.4 is 9.80 Å². The number of carbonyl (C=O) groups is 3. The highest BCUT2D eigenvalue weighted by molar-refractivity contribution is 6.13. The Hall–Kier alpha value is -3.75. The van der Waals surface area contributed by atoms with Gasteiger partial charge in [-0.2, -0.15) is 0 Å². The highest BCUT2D eigenvalue weighted by atomic mass is 16.6. The van der Waals surface area contributed by atoms with Crippen molar-refractivity contribution in [3.05, 3.63) is 63.2 Å². The number of para-hydroxylation sites is 1. The van der Waals surface area contributed by atoms with Crippen LogP contribution in [0.25, 0.3) is 0 Å². The molecule has 0 aliphatic carbocycles. The van der Waals surface area contributed by atoms with E-state index in [9.17, 15) is 24.5 Å². The zero-order chi connectivity index (χ0) is 22.7. The summed E-state index contributed by atoms with van der Waals surface area (Å²) in [5.74, 6) is -1.41. The Balaban J connectivity index is 1.98. The average molecular weight is 425 g/mol. The van der Waals surface area contributed by atoms with Crippen molar-refractivity contribution in [1.82, 2.24) is 0 Å². The third-order valence-corrected chi connectivity index (χ3v) is 5.19. The van der Waals surface area contributed by atoms with E-state index in [-0.39, 0.29) is 37.4 Å². The lowest BCUT2D eigenvalue weighted by Crippen LogP contribution is -2.50. The van der Waals surface area contributed by atoms with Crippen LogP contribution in [0.5, 0.6) is 0 Å². The van der Waals surface area contributed by atoms with Crippen molar-refractivity contribution >= 4 is 34.8 Å². The summed E-state index contributed by atoms with van der Waals surface area (Å²) in [6.07, 6.45) is -0.228. The Bertz CT molecular complexity index is 1070. The van der Waals surface area contributed by atoms with Gasteiger partial charge in [-0.15, -0.1) is 0 Å². The number of fused-ring (bicyclic) bond motifs is 1. The summed E-state index contributed by atoms with van der Waals surface area (Å²) in [6.45, 7) is 5.10. The highest BCUT2D eigenvalue weighted by Crippen LogP contribution is 2.36. The molecule has 0 N–H and O–H groups in total. The second-order valence-electron chi connectivity index (χ2n) is 7.25. The Morgan fingerprint density at radius 3 is 2.42 bits per heavy atom. The van der Waals surface area contributed by atoms with Crippen LogP contribution in [-0.4, -0.2) is 42.4 Å². The van der Waals surface area contributed by atoms with E-state index in [4.69, 9.17) is 4.74 Å². The Morgan fingerprint density at radius 2 is 1.77 bits per heavy atom. The van der Waals surface area contributed by atoms with Crippen LogP contribution in [0.2, 0.25) is 0 Å². The van der Waals surface area contributed by atoms with Crippen molar-refractivity contribution in [3.8, 4) is 0 Å². The van der Waals surface area contributed by atoms with Crippen molar-refractivity contribution in [3.63, 3.8) is 0 Å². The van der Waals surface area contributed by atoms with Crippen LogP contribution in [0, 0.1) is 24.0 Å². The Morgan fingerprint density at radius 1 is 1.13 bits per heavy atom. The van der Waals surface area contributed by atoms with Gasteiger partial charge in [-0.1, -0.05) is 18.2 Å². The SMILES string of the molecule is CCOC(=O)CN1C(=O)CN(C(=O)Cc2ccccc2[N+](=O)[O-])c2cc(C)c(C)cc21. The van der Waals surface area contributed by atoms with Gasteiger partial charge in [0.2, 0.25) is 11.8 Å². The Kier molecular flexibility index (Phi) is 6.33. The smallest absolute Gasteiger partial charge is 0.326 e. The van der Waals surface area contributed by atoms with Crippen LogP contribution in [0.1, 0.15) is 23.6 Å². The summed E-state index contributed by atoms with van der Waals surface area (Å²) in [7, 11) is 0. The average Bonchev–Trinajstić information content (AvgIpc) is 2.71. The van der Waals surface area contributed by atoms with Gasteiger partial charge in [0.1, 0.15) is 13.1 Å². The molecule has 162 valence electrons. The normalized spacial score (nSPS) is 13.1. The lowest BCUT2D eigenvalue weighted by Gasteiger charge is -2.36. The maximum absolute atomic E-state index is 13.1. The molecule has 9 heteroatoms. The highest BCUT2D eigenvalue weighted by Gasteiger charge is 2.34. The molecule has 0 saturated heterocycles. The van der Waals surface area contributed by atoms with E-state index in [1.165, 1.54) is 28.0 Å². The van der Waals surface area contributed by atoms with E-state index < -0.39 is 22.7 Å². The van der Waals surface area contributed by atoms with Crippen LogP contribution in [0.3, 0.4) is 0 Å². The van der Waals surface area contributed by atoms with Gasteiger partial charge in [-0.25, -0.2) is 0 Å². The van der Waals surface area contributed by atoms with Gasteiger partial charge in [0, 0.05) is 11.6 Å². The minimum Gasteiger partial charge on any atom is -0.465 e. The van der Waals surface area contributed by atoms with E-state index in [1.54, 1.807) is 25.1 Å². The molecule has 0 radical (unpaired) electrons. The number of hydrogen-bond donors (Lipinski definition) is 0. The second-order valence-corrected chi connectivity index (χ2v) is 7.25. The first-order valence-electron chi connectivity index (χ1n) is 9.82. The van der Waals surface area contributed by atoms with Crippen molar-refractivity contribution < 1.29 is 24.0 Å². The number of esters is 1. The summed E-state index contributed by atoms with van der Waals surface area (Å²) in [4.78, 5) is 51.4. The number of ether oxygens (including phenoxy) is 1. The summed E-state index contributed by atoms with van der Waals surface area (Å²) in [5, 5.41) is 11.3. The molecule has 1 aliphatic heterocycles. The molecule has 0 bridgehead atoms. The molecule has 0 saturated carbocycles. The largest absolute Gasteiger partial charge is 0.465 e. The molecule has 2 amide bonds. The van der Waals surface area contributed by atoms with Gasteiger partial charge >= 0.3 is 5.97 Å². The standard InChI is InChI=1S/C22H23N3O6/c1-4-31-22(28)13-24-19-10-15(3)14(2)9-18(19)23(12-21(24)27)20(26)11-16-7-5-6-8-17(16)25(29)30/h5-10H,4,11-13H2,1-3H3. The van der Waals surface area contributed by atoms with Crippen LogP contribution >= 0.6 is 0 Å². The first kappa shape index (κ1) is 21.9. The van der Waals surface area contributed by atoms with E-state index in [0.717, 1.165) is 11.1 Å². The maximum Gasteiger partial charge on any atom is 0.326 e. The zero-order valence-corrected chi connectivity index (χ0v) is 17.6. The predicted octanol–water partition coefficient (Wildman–Crippen LogP) is 2.70. The van der Waals surface area contributed by atoms with Gasteiger partial charge < -0.3 is 9.64 Å². The molecule has 1 heterocycles. The van der Waals surface area contributed by atoms with Crippen molar-refractivity contribution in [2.45, 2.75) is 27.2 Å². The Labute approximate surface area is 179 Å². The van der Waals surface area contributed by atoms with E-state index in [1.807, 2.05) is 13.8 Å². The van der Waals surface area contributed by atoms with Gasteiger partial charge in [0.15, 0.2) is 0 Å². The summed E-state index contributed by atoms with van der Waals surface area (Å²) >= 11 is 0. The fourth-order valence-corrected chi connectivity index (χ4v) is 3.49. The topological polar surface area (TPSA) is 110 Å². The van der Waals surface area contributed by atoms with E-state index >= 15 is 0 Å². The number of hydrogen-bond acceptors (Lipinski definition) is 6. The number of amides is 2. The molecule has 0 atom stereocenters. The monoisotopic (exact) mass is 425 g/mol. The summed E-state index contributed by atoms with van der Waals surface area (Å²) in [6, 6.07) is 9.56. The number of nitro groups is 1. The molecule has 0 unspecified atom stereocenters. The molecule has 2 aromatic carbocycles. The van der Waals surface area contributed by atoms with Crippen LogP contribution in [0.4, 0.5) is 17.1 Å². The quantitative estimate of drug-likeness (QED) is 0.400. The lowest BCUT2D eigenvalue weighted by molar-refractivity contribution is -0.385. The molecule has 0 aromatic heterocycles. The van der Waals surface area contributed by atoms with Gasteiger partial charge in [-0.3, -0.25) is 29.4 Å². The summed E-state index contributed by atoms with van der Waals surface area (Å²) < 4.78 is 4.97. The number of rotatable bonds is 6. The molecule has 31 heavy (non-hydrogen) atoms. The number of benzene rings is 2. The maximum atomic E-state index is 13.1. The van der Waals surface area contributed by atoms with Gasteiger partial charge in [0.25, 0.3) is 5.69 Å². The molecular weight excluding hydrogens is 402 g/mol. The molecule has 0 spiro atoms. The fraction of sp³-hybridized carbons (Fsp3) is 0.318. The molecule has 9 nitrogen and oxygen atoms in total. The number of anilines is 2. The molecule has 2 aromatic rings. The van der Waals surface area contributed by atoms with Crippen molar-refractivity contribution in [1.29, 1.82) is 0 Å². The van der Waals surface area contributed by atoms with Crippen LogP contribution in [0.15, 0.2) is 36.4 Å². The van der Waals surface area contributed by atoms with Gasteiger partial charge in [-0.05, 0) is 44.0 Å². The minimum atomic E-state index is -0.542. The number of nitrogens with zero attached hydrogens (tertiary/aromatic N) is 3. The third kappa shape index (κ3) is 4.55. The van der Waals surface area contributed by atoms with Crippen molar-refractivity contribution in [2.24, 2.45) is 0 Å². The molecule has 3 rings (SSSR count). The number of aryl methyl sites for hydroxylation is 2. The molecule has 1 aliphatic rings. The third-order valence-electron chi connectivity index (χ3n) is 5.19. The summed E-state index contributed by atoms with van der Waals surface area (Å²) in [5.41, 5.74) is 2.84. The zero-order valence-electron chi connectivity index (χ0n) is 17.6. The van der Waals surface area contributed by atoms with Crippen LogP contribution in [-0.2, 0) is 25.5 Å². The second kappa shape index (κ2) is 8.95. The number of carbonyl (C=O) groups excluding carboxylic acids is 3. The lowest BCUT2D eigenvalue weighted by atomic mass is 10.0. The minimum absolute atomic E-state index is 0.150. The van der Waals surface area contributed by atoms with E-state index in [2.05, 4.69) is 0 Å². The molecule has 0 fully saturated rings. The predicted molar refractivity (Wildman–Crippen MR) is 114 cm³/mol. The van der Waals surface area contributed by atoms with Gasteiger partial charge in [0.05, 0.1) is 29.3 Å². The van der Waals surface area contributed by atoms with Crippen molar-refractivity contribution in [2.75, 3.05) is 29.5 Å². The first-order valence-corrected chi connectivity index (χ1v) is 9.82. The van der Waals surface area contributed by atoms with E-state index in [0.29, 0.717) is 11.4 Å². The molecular formula is C22H23N3O6.